The average molecular weight is 342 g/mol. The maximum Gasteiger partial charge on any atom is 0.238 e. The molecule has 1 saturated heterocycles. The monoisotopic (exact) mass is 341 g/mol. The Morgan fingerprint density at radius 3 is 2.33 bits per heavy atom. The summed E-state index contributed by atoms with van der Waals surface area (Å²) in [7, 11) is 0. The number of imide groups is 1. The van der Waals surface area contributed by atoms with Crippen molar-refractivity contribution in [2.24, 2.45) is 11.8 Å². The standard InChI is InChI=1S/C20H20ClNO2/c1-12-7-9-15(10-8-12)11-16-13(2)19(23)22(20(16)24)18-6-4-5-17(21)14(18)3/h4-10,13,16H,11H2,1-3H3. The van der Waals surface area contributed by atoms with Crippen LogP contribution in [0, 0.1) is 25.7 Å². The number of aryl methyl sites for hydroxylation is 1. The van der Waals surface area contributed by atoms with E-state index >= 15 is 0 Å². The molecule has 0 aliphatic carbocycles. The quantitative estimate of drug-likeness (QED) is 0.779. The van der Waals surface area contributed by atoms with Gasteiger partial charge in [-0.1, -0.05) is 54.4 Å². The summed E-state index contributed by atoms with van der Waals surface area (Å²) in [5.74, 6) is -0.961. The number of anilines is 1. The first-order valence-electron chi connectivity index (χ1n) is 8.08. The van der Waals surface area contributed by atoms with E-state index < -0.39 is 0 Å². The molecule has 0 saturated carbocycles. The van der Waals surface area contributed by atoms with Gasteiger partial charge >= 0.3 is 0 Å². The smallest absolute Gasteiger partial charge is 0.238 e. The second kappa shape index (κ2) is 6.40. The van der Waals surface area contributed by atoms with E-state index in [1.807, 2.05) is 45.0 Å². The summed E-state index contributed by atoms with van der Waals surface area (Å²) in [5, 5.41) is 0.558. The van der Waals surface area contributed by atoms with E-state index in [0.29, 0.717) is 17.1 Å². The number of rotatable bonds is 3. The van der Waals surface area contributed by atoms with Crippen molar-refractivity contribution in [3.8, 4) is 0 Å². The van der Waals surface area contributed by atoms with E-state index in [2.05, 4.69) is 0 Å². The van der Waals surface area contributed by atoms with Crippen LogP contribution in [0.2, 0.25) is 5.02 Å². The molecule has 2 unspecified atom stereocenters. The fraction of sp³-hybridized carbons (Fsp3) is 0.300. The number of halogens is 1. The normalized spacial score (nSPS) is 20.8. The first kappa shape index (κ1) is 16.7. The minimum Gasteiger partial charge on any atom is -0.274 e. The van der Waals surface area contributed by atoms with Gasteiger partial charge in [0, 0.05) is 10.9 Å². The predicted octanol–water partition coefficient (Wildman–Crippen LogP) is 4.33. The molecule has 3 rings (SSSR count). The number of carbonyl (C=O) groups excluding carboxylic acids is 2. The maximum atomic E-state index is 12.9. The zero-order valence-corrected chi connectivity index (χ0v) is 14.8. The summed E-state index contributed by atoms with van der Waals surface area (Å²) in [4.78, 5) is 26.9. The zero-order valence-electron chi connectivity index (χ0n) is 14.0. The number of hydrogen-bond acceptors (Lipinski definition) is 2. The van der Waals surface area contributed by atoms with Crippen LogP contribution in [0.1, 0.15) is 23.6 Å². The largest absolute Gasteiger partial charge is 0.274 e. The Kier molecular flexibility index (Phi) is 4.46. The second-order valence-electron chi connectivity index (χ2n) is 6.48. The molecule has 2 amide bonds. The van der Waals surface area contributed by atoms with Crippen LogP contribution >= 0.6 is 11.6 Å². The molecular formula is C20H20ClNO2. The van der Waals surface area contributed by atoms with E-state index in [-0.39, 0.29) is 23.7 Å². The van der Waals surface area contributed by atoms with Gasteiger partial charge in [0.1, 0.15) is 0 Å². The van der Waals surface area contributed by atoms with Gasteiger partial charge in [0.2, 0.25) is 11.8 Å². The van der Waals surface area contributed by atoms with Gasteiger partial charge in [-0.25, -0.2) is 4.90 Å². The van der Waals surface area contributed by atoms with Crippen molar-refractivity contribution in [1.82, 2.24) is 0 Å². The van der Waals surface area contributed by atoms with Gasteiger partial charge in [-0.05, 0) is 43.5 Å². The summed E-state index contributed by atoms with van der Waals surface area (Å²) < 4.78 is 0. The topological polar surface area (TPSA) is 37.4 Å². The molecule has 0 radical (unpaired) electrons. The highest BCUT2D eigenvalue weighted by Gasteiger charge is 2.46. The van der Waals surface area contributed by atoms with Crippen LogP contribution in [0.5, 0.6) is 0 Å². The number of carbonyl (C=O) groups is 2. The number of amides is 2. The third-order valence-electron chi connectivity index (χ3n) is 4.81. The summed E-state index contributed by atoms with van der Waals surface area (Å²) in [5.41, 5.74) is 3.60. The number of benzene rings is 2. The minimum absolute atomic E-state index is 0.140. The van der Waals surface area contributed by atoms with Crippen LogP contribution in [-0.4, -0.2) is 11.8 Å². The number of hydrogen-bond donors (Lipinski definition) is 0. The molecule has 4 heteroatoms. The molecule has 0 N–H and O–H groups in total. The molecule has 2 aromatic carbocycles. The van der Waals surface area contributed by atoms with E-state index in [0.717, 1.165) is 11.1 Å². The number of nitrogens with zero attached hydrogens (tertiary/aromatic N) is 1. The van der Waals surface area contributed by atoms with Crippen LogP contribution in [0.3, 0.4) is 0 Å². The lowest BCUT2D eigenvalue weighted by Gasteiger charge is -2.18. The molecule has 1 aliphatic rings. The third kappa shape index (κ3) is 2.84. The lowest BCUT2D eigenvalue weighted by molar-refractivity contribution is -0.122. The first-order chi connectivity index (χ1) is 11.4. The minimum atomic E-state index is -0.336. The van der Waals surface area contributed by atoms with Crippen molar-refractivity contribution in [3.05, 3.63) is 64.2 Å². The van der Waals surface area contributed by atoms with Crippen LogP contribution in [0.4, 0.5) is 5.69 Å². The fourth-order valence-corrected chi connectivity index (χ4v) is 3.35. The molecule has 0 spiro atoms. The van der Waals surface area contributed by atoms with Crippen LogP contribution in [0.15, 0.2) is 42.5 Å². The molecule has 24 heavy (non-hydrogen) atoms. The molecule has 3 nitrogen and oxygen atoms in total. The van der Waals surface area contributed by atoms with Crippen molar-refractivity contribution in [2.75, 3.05) is 4.90 Å². The Morgan fingerprint density at radius 1 is 1.00 bits per heavy atom. The van der Waals surface area contributed by atoms with E-state index in [4.69, 9.17) is 11.6 Å². The van der Waals surface area contributed by atoms with Crippen molar-refractivity contribution in [3.63, 3.8) is 0 Å². The molecule has 124 valence electrons. The summed E-state index contributed by atoms with van der Waals surface area (Å²) in [6, 6.07) is 13.4. The Bertz CT molecular complexity index is 798. The van der Waals surface area contributed by atoms with Gasteiger partial charge in [-0.2, -0.15) is 0 Å². The highest BCUT2D eigenvalue weighted by atomic mass is 35.5. The predicted molar refractivity (Wildman–Crippen MR) is 96.2 cm³/mol. The lowest BCUT2D eigenvalue weighted by atomic mass is 9.90. The molecular weight excluding hydrogens is 322 g/mol. The van der Waals surface area contributed by atoms with Crippen LogP contribution < -0.4 is 4.90 Å². The molecule has 2 atom stereocenters. The second-order valence-corrected chi connectivity index (χ2v) is 6.89. The summed E-state index contributed by atoms with van der Waals surface area (Å²) >= 11 is 6.16. The van der Waals surface area contributed by atoms with Gasteiger partial charge in [-0.15, -0.1) is 0 Å². The molecule has 0 bridgehead atoms. The van der Waals surface area contributed by atoms with Gasteiger partial charge in [0.05, 0.1) is 11.6 Å². The lowest BCUT2D eigenvalue weighted by Crippen LogP contribution is -2.31. The van der Waals surface area contributed by atoms with E-state index in [1.165, 1.54) is 10.5 Å². The van der Waals surface area contributed by atoms with Crippen molar-refractivity contribution >= 4 is 29.1 Å². The molecule has 1 heterocycles. The molecule has 1 aliphatic heterocycles. The Hall–Kier alpha value is -2.13. The third-order valence-corrected chi connectivity index (χ3v) is 5.22. The van der Waals surface area contributed by atoms with Crippen molar-refractivity contribution in [2.45, 2.75) is 27.2 Å². The van der Waals surface area contributed by atoms with Crippen molar-refractivity contribution < 1.29 is 9.59 Å². The fourth-order valence-electron chi connectivity index (χ4n) is 3.18. The van der Waals surface area contributed by atoms with E-state index in [9.17, 15) is 9.59 Å². The summed E-state index contributed by atoms with van der Waals surface area (Å²) in [6.07, 6.45) is 0.572. The Labute approximate surface area is 147 Å². The molecule has 2 aromatic rings. The van der Waals surface area contributed by atoms with Crippen LogP contribution in [-0.2, 0) is 16.0 Å². The van der Waals surface area contributed by atoms with Crippen molar-refractivity contribution in [1.29, 1.82) is 0 Å². The van der Waals surface area contributed by atoms with Crippen LogP contribution in [0.25, 0.3) is 0 Å². The first-order valence-corrected chi connectivity index (χ1v) is 8.46. The molecule has 0 aromatic heterocycles. The van der Waals surface area contributed by atoms with Gasteiger partial charge in [0.15, 0.2) is 0 Å². The Balaban J connectivity index is 1.92. The average Bonchev–Trinajstić information content (AvgIpc) is 2.76. The van der Waals surface area contributed by atoms with Gasteiger partial charge < -0.3 is 0 Å². The highest BCUT2D eigenvalue weighted by molar-refractivity contribution is 6.32. The van der Waals surface area contributed by atoms with E-state index in [1.54, 1.807) is 18.2 Å². The van der Waals surface area contributed by atoms with Gasteiger partial charge in [-0.3, -0.25) is 9.59 Å². The SMILES string of the molecule is Cc1ccc(CC2C(=O)N(c3cccc(Cl)c3C)C(=O)C2C)cc1. The maximum absolute atomic E-state index is 12.9. The zero-order chi connectivity index (χ0) is 17.4. The highest BCUT2D eigenvalue weighted by Crippen LogP contribution is 2.36. The van der Waals surface area contributed by atoms with Gasteiger partial charge in [0.25, 0.3) is 0 Å². The Morgan fingerprint density at radius 2 is 1.67 bits per heavy atom. The summed E-state index contributed by atoms with van der Waals surface area (Å²) in [6.45, 7) is 5.69. The molecule has 1 fully saturated rings.